The van der Waals surface area contributed by atoms with Crippen LogP contribution in [0.15, 0.2) is 24.3 Å². The van der Waals surface area contributed by atoms with Crippen molar-refractivity contribution in [3.63, 3.8) is 0 Å². The van der Waals surface area contributed by atoms with E-state index in [1.807, 2.05) is 45.0 Å². The van der Waals surface area contributed by atoms with Crippen LogP contribution in [0.2, 0.25) is 0 Å². The first-order chi connectivity index (χ1) is 12.4. The maximum absolute atomic E-state index is 12.5. The van der Waals surface area contributed by atoms with Crippen molar-refractivity contribution in [3.05, 3.63) is 39.8 Å². The van der Waals surface area contributed by atoms with Crippen LogP contribution < -0.4 is 15.0 Å². The van der Waals surface area contributed by atoms with Crippen molar-refractivity contribution in [2.24, 2.45) is 0 Å². The van der Waals surface area contributed by atoms with E-state index in [2.05, 4.69) is 10.3 Å². The van der Waals surface area contributed by atoms with Crippen LogP contribution in [0.25, 0.3) is 0 Å². The quantitative estimate of drug-likeness (QED) is 0.874. The van der Waals surface area contributed by atoms with Gasteiger partial charge in [0.25, 0.3) is 5.91 Å². The van der Waals surface area contributed by atoms with Crippen LogP contribution in [0.3, 0.4) is 0 Å². The smallest absolute Gasteiger partial charge is 0.267 e. The average Bonchev–Trinajstić information content (AvgIpc) is 2.94. The summed E-state index contributed by atoms with van der Waals surface area (Å²) in [4.78, 5) is 32.0. The van der Waals surface area contributed by atoms with Gasteiger partial charge in [-0.15, -0.1) is 11.3 Å². The van der Waals surface area contributed by atoms with Crippen molar-refractivity contribution in [2.75, 3.05) is 11.4 Å². The number of ether oxygens (including phenoxy) is 1. The van der Waals surface area contributed by atoms with E-state index < -0.39 is 6.10 Å². The Morgan fingerprint density at radius 3 is 2.81 bits per heavy atom. The Labute approximate surface area is 157 Å². The highest BCUT2D eigenvalue weighted by Crippen LogP contribution is 2.33. The van der Waals surface area contributed by atoms with E-state index in [0.29, 0.717) is 18.0 Å². The topological polar surface area (TPSA) is 71.5 Å². The number of thiazole rings is 1. The Bertz CT molecular complexity index is 833. The summed E-state index contributed by atoms with van der Waals surface area (Å²) >= 11 is 1.60. The number of nitrogens with zero attached hydrogens (tertiary/aromatic N) is 2. The molecule has 6 nitrogen and oxygen atoms in total. The number of benzene rings is 1. The Kier molecular flexibility index (Phi) is 5.27. The van der Waals surface area contributed by atoms with E-state index in [1.165, 1.54) is 0 Å². The van der Waals surface area contributed by atoms with E-state index >= 15 is 0 Å². The molecule has 2 amide bonds. The number of hydrogen-bond donors (Lipinski definition) is 1. The molecule has 1 aromatic carbocycles. The van der Waals surface area contributed by atoms with E-state index in [9.17, 15) is 9.59 Å². The van der Waals surface area contributed by atoms with Gasteiger partial charge in [0.15, 0.2) is 6.10 Å². The Morgan fingerprint density at radius 1 is 1.38 bits per heavy atom. The summed E-state index contributed by atoms with van der Waals surface area (Å²) in [6.45, 7) is 7.91. The number of hydrogen-bond acceptors (Lipinski definition) is 5. The van der Waals surface area contributed by atoms with Gasteiger partial charge in [-0.1, -0.05) is 12.1 Å². The van der Waals surface area contributed by atoms with Gasteiger partial charge in [0.1, 0.15) is 5.75 Å². The van der Waals surface area contributed by atoms with Gasteiger partial charge in [0.05, 0.1) is 22.4 Å². The molecule has 1 aliphatic heterocycles. The molecule has 2 heterocycles. The highest BCUT2D eigenvalue weighted by Gasteiger charge is 2.31. The number of para-hydroxylation sites is 2. The lowest BCUT2D eigenvalue weighted by Gasteiger charge is -2.32. The van der Waals surface area contributed by atoms with Crippen LogP contribution in [0, 0.1) is 13.8 Å². The maximum atomic E-state index is 12.5. The van der Waals surface area contributed by atoms with Crippen molar-refractivity contribution < 1.29 is 14.3 Å². The molecule has 2 unspecified atom stereocenters. The van der Waals surface area contributed by atoms with Crippen molar-refractivity contribution in [1.82, 2.24) is 10.3 Å². The summed E-state index contributed by atoms with van der Waals surface area (Å²) in [5.41, 5.74) is 1.66. The van der Waals surface area contributed by atoms with Crippen molar-refractivity contribution in [1.29, 1.82) is 0 Å². The molecule has 0 saturated heterocycles. The minimum absolute atomic E-state index is 0.0904. The normalized spacial score (nSPS) is 17.5. The number of nitrogens with one attached hydrogen (secondary N) is 1. The molecular formula is C19H23N3O3S. The number of carbonyl (C=O) groups is 2. The highest BCUT2D eigenvalue weighted by atomic mass is 32.1. The zero-order valence-corrected chi connectivity index (χ0v) is 16.2. The van der Waals surface area contributed by atoms with Gasteiger partial charge in [0.2, 0.25) is 5.91 Å². The van der Waals surface area contributed by atoms with Crippen molar-refractivity contribution in [3.8, 4) is 5.75 Å². The van der Waals surface area contributed by atoms with E-state index in [-0.39, 0.29) is 24.3 Å². The molecule has 26 heavy (non-hydrogen) atoms. The fourth-order valence-corrected chi connectivity index (χ4v) is 4.06. The second kappa shape index (κ2) is 7.45. The van der Waals surface area contributed by atoms with Gasteiger partial charge < -0.3 is 15.0 Å². The predicted molar refractivity (Wildman–Crippen MR) is 102 cm³/mol. The van der Waals surface area contributed by atoms with E-state index in [1.54, 1.807) is 23.2 Å². The lowest BCUT2D eigenvalue weighted by Crippen LogP contribution is -2.45. The number of fused-ring (bicyclic) bond motifs is 1. The Morgan fingerprint density at radius 2 is 2.12 bits per heavy atom. The van der Waals surface area contributed by atoms with Gasteiger partial charge in [-0.05, 0) is 39.8 Å². The summed E-state index contributed by atoms with van der Waals surface area (Å²) in [6.07, 6.45) is -0.316. The SMILES string of the molecule is Cc1nc(C)c(C(C)NC(=O)CCN2C(=O)C(C)Oc3ccccc32)s1. The predicted octanol–water partition coefficient (Wildman–Crippen LogP) is 3.14. The number of aromatic nitrogens is 1. The van der Waals surface area contributed by atoms with Crippen LogP contribution in [-0.4, -0.2) is 29.4 Å². The third-order valence-electron chi connectivity index (χ3n) is 4.35. The Balaban J connectivity index is 1.64. The van der Waals surface area contributed by atoms with Crippen LogP contribution in [0.4, 0.5) is 5.69 Å². The number of aryl methyl sites for hydroxylation is 2. The summed E-state index contributed by atoms with van der Waals surface area (Å²) in [6, 6.07) is 7.30. The molecule has 2 atom stereocenters. The van der Waals surface area contributed by atoms with Crippen LogP contribution in [0.1, 0.15) is 41.9 Å². The number of rotatable bonds is 5. The second-order valence-electron chi connectivity index (χ2n) is 6.44. The molecule has 3 rings (SSSR count). The number of anilines is 1. The molecule has 138 valence electrons. The minimum Gasteiger partial charge on any atom is -0.479 e. The van der Waals surface area contributed by atoms with Crippen molar-refractivity contribution in [2.45, 2.75) is 46.3 Å². The maximum Gasteiger partial charge on any atom is 0.267 e. The third kappa shape index (κ3) is 3.72. The van der Waals surface area contributed by atoms with Gasteiger partial charge in [0, 0.05) is 17.8 Å². The summed E-state index contributed by atoms with van der Waals surface area (Å²) in [7, 11) is 0. The first kappa shape index (κ1) is 18.4. The average molecular weight is 373 g/mol. The standard InChI is InChI=1S/C19H23N3O3S/c1-11-18(26-14(4)20-11)12(2)21-17(23)9-10-22-15-7-5-6-8-16(15)25-13(3)19(22)24/h5-8,12-13H,9-10H2,1-4H3,(H,21,23). The number of carbonyl (C=O) groups excluding carboxylic acids is 2. The van der Waals surface area contributed by atoms with Crippen LogP contribution in [0.5, 0.6) is 5.75 Å². The van der Waals surface area contributed by atoms with Crippen LogP contribution in [-0.2, 0) is 9.59 Å². The molecule has 2 aromatic rings. The second-order valence-corrected chi connectivity index (χ2v) is 7.67. The molecular weight excluding hydrogens is 350 g/mol. The minimum atomic E-state index is -0.547. The zero-order valence-electron chi connectivity index (χ0n) is 15.4. The molecule has 0 saturated carbocycles. The monoisotopic (exact) mass is 373 g/mol. The van der Waals surface area contributed by atoms with Gasteiger partial charge >= 0.3 is 0 Å². The molecule has 0 aliphatic carbocycles. The molecule has 0 fully saturated rings. The van der Waals surface area contributed by atoms with E-state index in [4.69, 9.17) is 4.74 Å². The van der Waals surface area contributed by atoms with Crippen LogP contribution >= 0.6 is 11.3 Å². The lowest BCUT2D eigenvalue weighted by atomic mass is 10.1. The van der Waals surface area contributed by atoms with Crippen molar-refractivity contribution >= 4 is 28.8 Å². The molecule has 1 N–H and O–H groups in total. The first-order valence-corrected chi connectivity index (χ1v) is 9.49. The molecule has 7 heteroatoms. The molecule has 0 spiro atoms. The molecule has 0 bridgehead atoms. The zero-order chi connectivity index (χ0) is 18.8. The highest BCUT2D eigenvalue weighted by molar-refractivity contribution is 7.11. The lowest BCUT2D eigenvalue weighted by molar-refractivity contribution is -0.125. The summed E-state index contributed by atoms with van der Waals surface area (Å²) in [5.74, 6) is 0.454. The van der Waals surface area contributed by atoms with Gasteiger partial charge in [-0.25, -0.2) is 4.98 Å². The summed E-state index contributed by atoms with van der Waals surface area (Å²) in [5, 5.41) is 3.99. The third-order valence-corrected chi connectivity index (χ3v) is 5.60. The molecule has 0 radical (unpaired) electrons. The fraction of sp³-hybridized carbons (Fsp3) is 0.421. The van der Waals surface area contributed by atoms with Gasteiger partial charge in [-0.3, -0.25) is 9.59 Å². The fourth-order valence-electron chi connectivity index (χ4n) is 3.13. The molecule has 1 aromatic heterocycles. The first-order valence-electron chi connectivity index (χ1n) is 8.67. The molecule has 1 aliphatic rings. The Hall–Kier alpha value is -2.41. The van der Waals surface area contributed by atoms with E-state index in [0.717, 1.165) is 15.6 Å². The largest absolute Gasteiger partial charge is 0.479 e. The number of amides is 2. The summed E-state index contributed by atoms with van der Waals surface area (Å²) < 4.78 is 5.62. The van der Waals surface area contributed by atoms with Gasteiger partial charge in [-0.2, -0.15) is 0 Å².